The van der Waals surface area contributed by atoms with E-state index in [1.54, 1.807) is 13.8 Å². The average Bonchev–Trinajstić information content (AvgIpc) is 3.21. The highest BCUT2D eigenvalue weighted by molar-refractivity contribution is 7.80. The Labute approximate surface area is 193 Å². The summed E-state index contributed by atoms with van der Waals surface area (Å²) in [6, 6.07) is -4.02. The average molecular weight is 471 g/mol. The molecule has 0 bridgehead atoms. The van der Waals surface area contributed by atoms with Crippen molar-refractivity contribution in [3.05, 3.63) is 18.2 Å². The van der Waals surface area contributed by atoms with E-state index in [1.807, 2.05) is 13.8 Å². The summed E-state index contributed by atoms with van der Waals surface area (Å²) < 4.78 is 0. The van der Waals surface area contributed by atoms with Gasteiger partial charge in [0.25, 0.3) is 0 Å². The van der Waals surface area contributed by atoms with E-state index in [0.29, 0.717) is 12.1 Å². The van der Waals surface area contributed by atoms with Crippen molar-refractivity contribution in [2.75, 3.05) is 5.75 Å². The smallest absolute Gasteiger partial charge is 0.327 e. The number of hydrogen-bond acceptors (Lipinski definition) is 7. The maximum absolute atomic E-state index is 13.0. The van der Waals surface area contributed by atoms with Crippen LogP contribution in [0.4, 0.5) is 0 Å². The first-order valence-corrected chi connectivity index (χ1v) is 11.1. The van der Waals surface area contributed by atoms with E-state index in [2.05, 4.69) is 38.5 Å². The topological polar surface area (TPSA) is 179 Å². The number of carboxylic acid groups (broad SMARTS) is 1. The third-order valence-corrected chi connectivity index (χ3v) is 5.08. The molecule has 0 saturated heterocycles. The van der Waals surface area contributed by atoms with Gasteiger partial charge in [-0.1, -0.05) is 27.7 Å². The van der Waals surface area contributed by atoms with E-state index in [4.69, 9.17) is 5.73 Å². The molecule has 7 N–H and O–H groups in total. The zero-order valence-corrected chi connectivity index (χ0v) is 19.7. The first-order chi connectivity index (χ1) is 15.0. The second-order valence-electron chi connectivity index (χ2n) is 8.39. The van der Waals surface area contributed by atoms with Gasteiger partial charge in [-0.2, -0.15) is 12.6 Å². The van der Waals surface area contributed by atoms with Crippen LogP contribution in [0.2, 0.25) is 0 Å². The second-order valence-corrected chi connectivity index (χ2v) is 8.76. The fourth-order valence-corrected chi connectivity index (χ4v) is 3.20. The van der Waals surface area contributed by atoms with Crippen LogP contribution in [0.5, 0.6) is 0 Å². The number of carbonyl (C=O) groups is 4. The molecule has 0 aliphatic heterocycles. The molecule has 12 heteroatoms. The van der Waals surface area contributed by atoms with Crippen molar-refractivity contribution in [2.45, 2.75) is 64.7 Å². The number of imidazole rings is 1. The molecule has 1 aromatic heterocycles. The van der Waals surface area contributed by atoms with E-state index in [0.717, 1.165) is 0 Å². The first kappa shape index (κ1) is 27.4. The highest BCUT2D eigenvalue weighted by Crippen LogP contribution is 2.08. The van der Waals surface area contributed by atoms with E-state index < -0.39 is 47.9 Å². The largest absolute Gasteiger partial charge is 0.480 e. The van der Waals surface area contributed by atoms with Crippen molar-refractivity contribution in [1.29, 1.82) is 0 Å². The summed E-state index contributed by atoms with van der Waals surface area (Å²) in [4.78, 5) is 56.2. The van der Waals surface area contributed by atoms with Crippen molar-refractivity contribution in [3.8, 4) is 0 Å². The fourth-order valence-electron chi connectivity index (χ4n) is 2.95. The molecule has 0 saturated carbocycles. The lowest BCUT2D eigenvalue weighted by Crippen LogP contribution is -2.59. The van der Waals surface area contributed by atoms with Gasteiger partial charge in [0, 0.05) is 24.1 Å². The van der Waals surface area contributed by atoms with Gasteiger partial charge in [0.1, 0.15) is 18.1 Å². The minimum atomic E-state index is -1.24. The van der Waals surface area contributed by atoms with Crippen LogP contribution < -0.4 is 21.7 Å². The van der Waals surface area contributed by atoms with E-state index in [9.17, 15) is 24.3 Å². The number of aromatic amines is 1. The molecule has 0 aliphatic carbocycles. The van der Waals surface area contributed by atoms with E-state index in [-0.39, 0.29) is 24.0 Å². The van der Waals surface area contributed by atoms with Crippen LogP contribution in [0, 0.1) is 11.8 Å². The maximum Gasteiger partial charge on any atom is 0.327 e. The molecule has 1 heterocycles. The number of aromatic nitrogens is 2. The molecule has 0 fully saturated rings. The zero-order chi connectivity index (χ0) is 24.4. The van der Waals surface area contributed by atoms with Gasteiger partial charge in [0.05, 0.1) is 12.4 Å². The van der Waals surface area contributed by atoms with E-state index >= 15 is 0 Å². The standard InChI is InChI=1S/C20H34N6O5S/c1-10(2)5-13(21)17(27)26-16(11(3)4)19(29)24-14(6-12-7-22-9-23-12)18(28)25-15(8-32)20(30)31/h7,9-11,13-16,32H,5-6,8,21H2,1-4H3,(H,22,23)(H,24,29)(H,25,28)(H,26,27)(H,30,31). The fraction of sp³-hybridized carbons (Fsp3) is 0.650. The van der Waals surface area contributed by atoms with Gasteiger partial charge in [0.15, 0.2) is 0 Å². The first-order valence-electron chi connectivity index (χ1n) is 10.4. The molecule has 1 aromatic rings. The van der Waals surface area contributed by atoms with Crippen LogP contribution in [-0.4, -0.2) is 68.7 Å². The van der Waals surface area contributed by atoms with Gasteiger partial charge in [-0.05, 0) is 18.3 Å². The van der Waals surface area contributed by atoms with Crippen molar-refractivity contribution in [2.24, 2.45) is 17.6 Å². The van der Waals surface area contributed by atoms with Gasteiger partial charge in [-0.15, -0.1) is 0 Å². The molecular weight excluding hydrogens is 436 g/mol. The number of hydrogen-bond donors (Lipinski definition) is 7. The Morgan fingerprint density at radius 1 is 1.06 bits per heavy atom. The molecule has 11 nitrogen and oxygen atoms in total. The molecule has 0 aliphatic rings. The molecule has 180 valence electrons. The summed E-state index contributed by atoms with van der Waals surface area (Å²) >= 11 is 3.94. The number of thiol groups is 1. The van der Waals surface area contributed by atoms with Gasteiger partial charge in [-0.25, -0.2) is 9.78 Å². The van der Waals surface area contributed by atoms with Crippen LogP contribution in [-0.2, 0) is 25.6 Å². The Balaban J connectivity index is 2.98. The Morgan fingerprint density at radius 2 is 1.69 bits per heavy atom. The van der Waals surface area contributed by atoms with Crippen molar-refractivity contribution in [3.63, 3.8) is 0 Å². The van der Waals surface area contributed by atoms with Crippen LogP contribution in [0.3, 0.4) is 0 Å². The predicted octanol–water partition coefficient (Wildman–Crippen LogP) is -0.550. The summed E-state index contributed by atoms with van der Waals surface area (Å²) in [6.07, 6.45) is 3.42. The quantitative estimate of drug-likeness (QED) is 0.189. The number of rotatable bonds is 13. The summed E-state index contributed by atoms with van der Waals surface area (Å²) in [5, 5.41) is 16.8. The highest BCUT2D eigenvalue weighted by Gasteiger charge is 2.31. The SMILES string of the molecule is CC(C)CC(N)C(=O)NC(C(=O)NC(Cc1cnc[nH]1)C(=O)NC(CS)C(=O)O)C(C)C. The van der Waals surface area contributed by atoms with Gasteiger partial charge in [0.2, 0.25) is 17.7 Å². The zero-order valence-electron chi connectivity index (χ0n) is 18.8. The Morgan fingerprint density at radius 3 is 2.16 bits per heavy atom. The summed E-state index contributed by atoms with van der Waals surface area (Å²) in [6.45, 7) is 7.38. The van der Waals surface area contributed by atoms with Gasteiger partial charge < -0.3 is 31.8 Å². The number of H-pyrrole nitrogens is 1. The third kappa shape index (κ3) is 8.87. The number of carbonyl (C=O) groups excluding carboxylic acids is 3. The molecule has 1 rings (SSSR count). The molecule has 0 aromatic carbocycles. The Bertz CT molecular complexity index is 771. The lowest BCUT2D eigenvalue weighted by atomic mass is 10.00. The molecule has 0 radical (unpaired) electrons. The van der Waals surface area contributed by atoms with Crippen molar-refractivity contribution in [1.82, 2.24) is 25.9 Å². The second kappa shape index (κ2) is 13.1. The number of nitrogens with two attached hydrogens (primary N) is 1. The summed E-state index contributed by atoms with van der Waals surface area (Å²) in [7, 11) is 0. The van der Waals surface area contributed by atoms with Crippen LogP contribution in [0.25, 0.3) is 0 Å². The summed E-state index contributed by atoms with van der Waals surface area (Å²) in [5.74, 6) is -3.18. The minimum absolute atomic E-state index is 0.0438. The predicted molar refractivity (Wildman–Crippen MR) is 122 cm³/mol. The van der Waals surface area contributed by atoms with Crippen LogP contribution in [0.1, 0.15) is 39.8 Å². The lowest BCUT2D eigenvalue weighted by molar-refractivity contribution is -0.141. The van der Waals surface area contributed by atoms with E-state index in [1.165, 1.54) is 12.5 Å². The molecule has 4 unspecified atom stereocenters. The van der Waals surface area contributed by atoms with Crippen molar-refractivity contribution >= 4 is 36.3 Å². The van der Waals surface area contributed by atoms with Crippen molar-refractivity contribution < 1.29 is 24.3 Å². The Hall–Kier alpha value is -2.60. The van der Waals surface area contributed by atoms with Gasteiger partial charge >= 0.3 is 5.97 Å². The molecule has 4 atom stereocenters. The number of nitrogens with zero attached hydrogens (tertiary/aromatic N) is 1. The molecule has 0 spiro atoms. The monoisotopic (exact) mass is 470 g/mol. The van der Waals surface area contributed by atoms with Crippen LogP contribution >= 0.6 is 12.6 Å². The molecular formula is C20H34N6O5S. The Kier molecular flexibility index (Phi) is 11.2. The number of amides is 3. The molecule has 32 heavy (non-hydrogen) atoms. The number of nitrogens with one attached hydrogen (secondary N) is 4. The number of aliphatic carboxylic acids is 1. The third-order valence-electron chi connectivity index (χ3n) is 4.72. The normalized spacial score (nSPS) is 15.0. The van der Waals surface area contributed by atoms with Gasteiger partial charge in [-0.3, -0.25) is 14.4 Å². The number of carboxylic acids is 1. The highest BCUT2D eigenvalue weighted by atomic mass is 32.1. The minimum Gasteiger partial charge on any atom is -0.480 e. The van der Waals surface area contributed by atoms with Crippen LogP contribution in [0.15, 0.2) is 12.5 Å². The lowest BCUT2D eigenvalue weighted by Gasteiger charge is -2.27. The summed E-state index contributed by atoms with van der Waals surface area (Å²) in [5.41, 5.74) is 6.49. The molecule has 3 amide bonds. The maximum atomic E-state index is 13.0.